The maximum atomic E-state index is 10.7. The maximum absolute atomic E-state index is 10.7. The Morgan fingerprint density at radius 1 is 1.70 bits per heavy atom. The second-order valence-corrected chi connectivity index (χ2v) is 2.18. The fraction of sp³-hybridized carbons (Fsp3) is 0.833. The van der Waals surface area contributed by atoms with Crippen molar-refractivity contribution < 1.29 is 19.4 Å². The number of aliphatic hydroxyl groups is 1. The van der Waals surface area contributed by atoms with Crippen LogP contribution < -0.4 is 0 Å². The Morgan fingerprint density at radius 3 is 2.80 bits per heavy atom. The topological polar surface area (TPSA) is 55.8 Å². The summed E-state index contributed by atoms with van der Waals surface area (Å²) in [4.78, 5) is 10.7. The summed E-state index contributed by atoms with van der Waals surface area (Å²) in [6.07, 6.45) is -0.280. The van der Waals surface area contributed by atoms with Crippen molar-refractivity contribution in [3.8, 4) is 0 Å². The monoisotopic (exact) mass is 146 g/mol. The Kier molecular flexibility index (Phi) is 2.24. The molecule has 4 heteroatoms. The van der Waals surface area contributed by atoms with Crippen LogP contribution in [0.25, 0.3) is 0 Å². The summed E-state index contributed by atoms with van der Waals surface area (Å²) in [5.41, 5.74) is 0. The van der Waals surface area contributed by atoms with Gasteiger partial charge in [-0.15, -0.1) is 0 Å². The Labute approximate surface area is 58.7 Å². The lowest BCUT2D eigenvalue weighted by Crippen LogP contribution is -2.22. The number of rotatable bonds is 1. The second kappa shape index (κ2) is 2.98. The molecule has 10 heavy (non-hydrogen) atoms. The molecule has 1 heterocycles. The molecule has 1 rings (SSSR count). The molecule has 0 aliphatic carbocycles. The standard InChI is InChI=1S/C6H10O4/c1-9-6(8)4-2-3-5(7)10-4/h4-5,7H,2-3H2,1H3/t4-,5+/m0/s1. The van der Waals surface area contributed by atoms with E-state index in [9.17, 15) is 4.79 Å². The summed E-state index contributed by atoms with van der Waals surface area (Å²) in [6, 6.07) is 0. The fourth-order valence-electron chi connectivity index (χ4n) is 0.925. The lowest BCUT2D eigenvalue weighted by Gasteiger charge is -2.06. The van der Waals surface area contributed by atoms with Gasteiger partial charge in [0.1, 0.15) is 0 Å². The van der Waals surface area contributed by atoms with Gasteiger partial charge in [-0.3, -0.25) is 0 Å². The van der Waals surface area contributed by atoms with Gasteiger partial charge < -0.3 is 14.6 Å². The van der Waals surface area contributed by atoms with E-state index >= 15 is 0 Å². The molecule has 0 aromatic rings. The predicted molar refractivity (Wildman–Crippen MR) is 32.1 cm³/mol. The molecule has 0 radical (unpaired) electrons. The van der Waals surface area contributed by atoms with Crippen molar-refractivity contribution in [2.24, 2.45) is 0 Å². The molecule has 0 bridgehead atoms. The van der Waals surface area contributed by atoms with Gasteiger partial charge in [0, 0.05) is 6.42 Å². The number of hydrogen-bond acceptors (Lipinski definition) is 4. The van der Waals surface area contributed by atoms with E-state index in [1.807, 2.05) is 0 Å². The number of methoxy groups -OCH3 is 1. The largest absolute Gasteiger partial charge is 0.467 e. The summed E-state index contributed by atoms with van der Waals surface area (Å²) >= 11 is 0. The summed E-state index contributed by atoms with van der Waals surface area (Å²) < 4.78 is 9.20. The van der Waals surface area contributed by atoms with Gasteiger partial charge in [-0.2, -0.15) is 0 Å². The number of aliphatic hydroxyl groups excluding tert-OH is 1. The zero-order chi connectivity index (χ0) is 7.56. The third kappa shape index (κ3) is 1.46. The SMILES string of the molecule is COC(=O)[C@@H]1CC[C@H](O)O1. The highest BCUT2D eigenvalue weighted by atomic mass is 16.6. The Balaban J connectivity index is 2.37. The molecule has 1 saturated heterocycles. The number of ether oxygens (including phenoxy) is 2. The summed E-state index contributed by atoms with van der Waals surface area (Å²) in [7, 11) is 1.30. The molecule has 0 aromatic carbocycles. The molecule has 1 aliphatic heterocycles. The molecule has 0 amide bonds. The minimum Gasteiger partial charge on any atom is -0.467 e. The van der Waals surface area contributed by atoms with Crippen LogP contribution in [0.2, 0.25) is 0 Å². The van der Waals surface area contributed by atoms with Crippen molar-refractivity contribution in [1.29, 1.82) is 0 Å². The van der Waals surface area contributed by atoms with Gasteiger partial charge in [0.25, 0.3) is 0 Å². The lowest BCUT2D eigenvalue weighted by molar-refractivity contribution is -0.162. The molecular formula is C6H10O4. The maximum Gasteiger partial charge on any atom is 0.335 e. The Morgan fingerprint density at radius 2 is 2.40 bits per heavy atom. The van der Waals surface area contributed by atoms with Crippen molar-refractivity contribution in [2.75, 3.05) is 7.11 Å². The summed E-state index contributed by atoms with van der Waals surface area (Å²) in [5.74, 6) is -0.406. The molecule has 4 nitrogen and oxygen atoms in total. The van der Waals surface area contributed by atoms with Crippen LogP contribution in [0.1, 0.15) is 12.8 Å². The normalized spacial score (nSPS) is 32.2. The third-order valence-electron chi connectivity index (χ3n) is 1.46. The van der Waals surface area contributed by atoms with E-state index in [-0.39, 0.29) is 0 Å². The van der Waals surface area contributed by atoms with Gasteiger partial charge in [-0.05, 0) is 6.42 Å². The number of hydrogen-bond donors (Lipinski definition) is 1. The van der Waals surface area contributed by atoms with Crippen molar-refractivity contribution in [3.05, 3.63) is 0 Å². The van der Waals surface area contributed by atoms with E-state index in [2.05, 4.69) is 4.74 Å². The Bertz CT molecular complexity index is 134. The molecule has 1 N–H and O–H groups in total. The Hall–Kier alpha value is -0.610. The molecule has 0 unspecified atom stereocenters. The van der Waals surface area contributed by atoms with E-state index in [4.69, 9.17) is 9.84 Å². The van der Waals surface area contributed by atoms with E-state index in [1.54, 1.807) is 0 Å². The van der Waals surface area contributed by atoms with Crippen LogP contribution in [-0.4, -0.2) is 30.6 Å². The summed E-state index contributed by atoms with van der Waals surface area (Å²) in [5, 5.41) is 8.81. The smallest absolute Gasteiger partial charge is 0.335 e. The third-order valence-corrected chi connectivity index (χ3v) is 1.46. The van der Waals surface area contributed by atoms with E-state index in [0.29, 0.717) is 12.8 Å². The van der Waals surface area contributed by atoms with Crippen molar-refractivity contribution >= 4 is 5.97 Å². The molecule has 0 aromatic heterocycles. The predicted octanol–water partition coefficient (Wildman–Crippen LogP) is -0.343. The van der Waals surface area contributed by atoms with Crippen LogP contribution in [0.4, 0.5) is 0 Å². The van der Waals surface area contributed by atoms with Gasteiger partial charge in [-0.1, -0.05) is 0 Å². The van der Waals surface area contributed by atoms with Gasteiger partial charge in [0.2, 0.25) is 0 Å². The van der Waals surface area contributed by atoms with Crippen LogP contribution in [0, 0.1) is 0 Å². The first kappa shape index (κ1) is 7.50. The highest BCUT2D eigenvalue weighted by Crippen LogP contribution is 2.17. The molecule has 58 valence electrons. The minimum absolute atomic E-state index is 0.406. The molecule has 0 saturated carbocycles. The summed E-state index contributed by atoms with van der Waals surface area (Å²) in [6.45, 7) is 0. The van der Waals surface area contributed by atoms with Crippen LogP contribution in [0.5, 0.6) is 0 Å². The highest BCUT2D eigenvalue weighted by Gasteiger charge is 2.29. The molecule has 2 atom stereocenters. The van der Waals surface area contributed by atoms with E-state index in [1.165, 1.54) is 7.11 Å². The first-order valence-electron chi connectivity index (χ1n) is 3.15. The van der Waals surface area contributed by atoms with E-state index in [0.717, 1.165) is 0 Å². The van der Waals surface area contributed by atoms with Gasteiger partial charge in [0.05, 0.1) is 7.11 Å². The van der Waals surface area contributed by atoms with Crippen LogP contribution >= 0.6 is 0 Å². The molecule has 1 fully saturated rings. The van der Waals surface area contributed by atoms with Gasteiger partial charge in [-0.25, -0.2) is 4.79 Å². The molecule has 1 aliphatic rings. The number of esters is 1. The quantitative estimate of drug-likeness (QED) is 0.514. The van der Waals surface area contributed by atoms with Crippen LogP contribution in [0.3, 0.4) is 0 Å². The lowest BCUT2D eigenvalue weighted by atomic mass is 10.2. The molecule has 0 spiro atoms. The second-order valence-electron chi connectivity index (χ2n) is 2.18. The average Bonchev–Trinajstić information content (AvgIpc) is 2.34. The zero-order valence-corrected chi connectivity index (χ0v) is 5.74. The molecular weight excluding hydrogens is 136 g/mol. The van der Waals surface area contributed by atoms with Gasteiger partial charge >= 0.3 is 5.97 Å². The average molecular weight is 146 g/mol. The number of carbonyl (C=O) groups excluding carboxylic acids is 1. The number of carbonyl (C=O) groups is 1. The van der Waals surface area contributed by atoms with Crippen molar-refractivity contribution in [2.45, 2.75) is 25.2 Å². The van der Waals surface area contributed by atoms with Gasteiger partial charge in [0.15, 0.2) is 12.4 Å². The van der Waals surface area contributed by atoms with Crippen molar-refractivity contribution in [3.63, 3.8) is 0 Å². The fourth-order valence-corrected chi connectivity index (χ4v) is 0.925. The first-order valence-corrected chi connectivity index (χ1v) is 3.15. The van der Waals surface area contributed by atoms with Crippen molar-refractivity contribution in [1.82, 2.24) is 0 Å². The highest BCUT2D eigenvalue weighted by molar-refractivity contribution is 5.74. The van der Waals surface area contributed by atoms with Crippen LogP contribution in [0.15, 0.2) is 0 Å². The minimum atomic E-state index is -0.788. The zero-order valence-electron chi connectivity index (χ0n) is 5.74. The first-order chi connectivity index (χ1) is 4.74. The van der Waals surface area contributed by atoms with Crippen LogP contribution in [-0.2, 0) is 14.3 Å². The van der Waals surface area contributed by atoms with E-state index < -0.39 is 18.4 Å².